The summed E-state index contributed by atoms with van der Waals surface area (Å²) in [6.45, 7) is 1.97. The third-order valence-electron chi connectivity index (χ3n) is 3.39. The number of aromatic nitrogens is 2. The van der Waals surface area contributed by atoms with Gasteiger partial charge in [0, 0.05) is 20.0 Å². The second-order valence-electron chi connectivity index (χ2n) is 5.06. The number of rotatable bonds is 7. The first-order valence-electron chi connectivity index (χ1n) is 7.12. The SMILES string of the molecule is Cc1nc([N+](=O)[O-])cn1CC(=O)N(CCO)Cc1ccccc1. The van der Waals surface area contributed by atoms with Gasteiger partial charge in [-0.1, -0.05) is 30.3 Å². The molecule has 2 rings (SSSR count). The Morgan fingerprint density at radius 1 is 1.39 bits per heavy atom. The van der Waals surface area contributed by atoms with E-state index in [1.54, 1.807) is 6.92 Å². The minimum Gasteiger partial charge on any atom is -0.395 e. The monoisotopic (exact) mass is 318 g/mol. The van der Waals surface area contributed by atoms with Crippen LogP contribution >= 0.6 is 0 Å². The molecule has 0 atom stereocenters. The van der Waals surface area contributed by atoms with Crippen LogP contribution in [0.5, 0.6) is 0 Å². The summed E-state index contributed by atoms with van der Waals surface area (Å²) in [5.74, 6) is -0.126. The van der Waals surface area contributed by atoms with Crippen molar-refractivity contribution in [3.05, 3.63) is 58.0 Å². The van der Waals surface area contributed by atoms with E-state index in [4.69, 9.17) is 5.11 Å². The van der Waals surface area contributed by atoms with Gasteiger partial charge in [0.25, 0.3) is 0 Å². The van der Waals surface area contributed by atoms with Crippen molar-refractivity contribution in [3.63, 3.8) is 0 Å². The summed E-state index contributed by atoms with van der Waals surface area (Å²) in [5, 5.41) is 19.9. The number of aliphatic hydroxyl groups excluding tert-OH is 1. The zero-order valence-electron chi connectivity index (χ0n) is 12.8. The molecular weight excluding hydrogens is 300 g/mol. The fourth-order valence-corrected chi connectivity index (χ4v) is 2.20. The van der Waals surface area contributed by atoms with Crippen LogP contribution in [0.2, 0.25) is 0 Å². The predicted molar refractivity (Wildman–Crippen MR) is 82.6 cm³/mol. The summed E-state index contributed by atoms with van der Waals surface area (Å²) in [7, 11) is 0. The highest BCUT2D eigenvalue weighted by Gasteiger charge is 2.20. The molecule has 8 nitrogen and oxygen atoms in total. The van der Waals surface area contributed by atoms with Crippen LogP contribution in [0.4, 0.5) is 5.82 Å². The fraction of sp³-hybridized carbons (Fsp3) is 0.333. The van der Waals surface area contributed by atoms with Gasteiger partial charge in [-0.15, -0.1) is 0 Å². The summed E-state index contributed by atoms with van der Waals surface area (Å²) in [6, 6.07) is 9.42. The molecule has 0 bridgehead atoms. The lowest BCUT2D eigenvalue weighted by Crippen LogP contribution is -2.35. The van der Waals surface area contributed by atoms with E-state index in [0.717, 1.165) is 5.56 Å². The normalized spacial score (nSPS) is 10.5. The number of amides is 1. The molecule has 23 heavy (non-hydrogen) atoms. The molecule has 1 amide bonds. The van der Waals surface area contributed by atoms with Crippen molar-refractivity contribution in [2.24, 2.45) is 0 Å². The van der Waals surface area contributed by atoms with Crippen LogP contribution in [0.25, 0.3) is 0 Å². The van der Waals surface area contributed by atoms with Gasteiger partial charge in [0.15, 0.2) is 0 Å². The molecule has 0 aliphatic heterocycles. The lowest BCUT2D eigenvalue weighted by molar-refractivity contribution is -0.389. The minimum atomic E-state index is -0.594. The highest BCUT2D eigenvalue weighted by molar-refractivity contribution is 5.76. The number of imidazole rings is 1. The number of benzene rings is 1. The molecule has 122 valence electrons. The van der Waals surface area contributed by atoms with Crippen molar-refractivity contribution in [2.75, 3.05) is 13.2 Å². The number of hydrogen-bond acceptors (Lipinski definition) is 5. The van der Waals surface area contributed by atoms with E-state index in [1.807, 2.05) is 30.3 Å². The van der Waals surface area contributed by atoms with Gasteiger partial charge < -0.3 is 20.1 Å². The molecule has 0 aliphatic rings. The Labute approximate surface area is 133 Å². The Hall–Kier alpha value is -2.74. The molecule has 2 aromatic rings. The number of carbonyl (C=O) groups excluding carboxylic acids is 1. The Bertz CT molecular complexity index is 684. The number of carbonyl (C=O) groups is 1. The molecule has 0 aliphatic carbocycles. The Balaban J connectivity index is 2.10. The zero-order valence-corrected chi connectivity index (χ0v) is 12.8. The molecule has 0 saturated carbocycles. The Morgan fingerprint density at radius 2 is 2.09 bits per heavy atom. The molecule has 1 aromatic carbocycles. The first-order chi connectivity index (χ1) is 11.0. The summed E-state index contributed by atoms with van der Waals surface area (Å²) >= 11 is 0. The molecule has 0 saturated heterocycles. The average Bonchev–Trinajstić information content (AvgIpc) is 2.89. The maximum Gasteiger partial charge on any atom is 0.381 e. The first-order valence-corrected chi connectivity index (χ1v) is 7.12. The molecule has 0 spiro atoms. The minimum absolute atomic E-state index is 0.0560. The van der Waals surface area contributed by atoms with Crippen LogP contribution in [-0.4, -0.2) is 43.5 Å². The molecule has 0 unspecified atom stereocenters. The van der Waals surface area contributed by atoms with Crippen LogP contribution in [-0.2, 0) is 17.9 Å². The second-order valence-corrected chi connectivity index (χ2v) is 5.06. The highest BCUT2D eigenvalue weighted by Crippen LogP contribution is 2.12. The van der Waals surface area contributed by atoms with Crippen molar-refractivity contribution in [3.8, 4) is 0 Å². The van der Waals surface area contributed by atoms with E-state index in [0.29, 0.717) is 12.4 Å². The number of nitrogens with zero attached hydrogens (tertiary/aromatic N) is 4. The van der Waals surface area contributed by atoms with Crippen LogP contribution in [0.15, 0.2) is 36.5 Å². The largest absolute Gasteiger partial charge is 0.395 e. The molecule has 0 radical (unpaired) electrons. The maximum absolute atomic E-state index is 12.4. The standard InChI is InChI=1S/C15H18N4O4/c1-12-16-14(19(22)23)10-18(12)11-15(21)17(7-8-20)9-13-5-3-2-4-6-13/h2-6,10,20H,7-9,11H2,1H3. The maximum atomic E-state index is 12.4. The Morgan fingerprint density at radius 3 is 2.65 bits per heavy atom. The van der Waals surface area contributed by atoms with Crippen LogP contribution in [0.1, 0.15) is 11.4 Å². The van der Waals surface area contributed by atoms with E-state index in [-0.39, 0.29) is 31.4 Å². The molecule has 1 heterocycles. The summed E-state index contributed by atoms with van der Waals surface area (Å²) in [4.78, 5) is 27.9. The fourth-order valence-electron chi connectivity index (χ4n) is 2.20. The van der Waals surface area contributed by atoms with Crippen LogP contribution in [0, 0.1) is 17.0 Å². The molecule has 0 fully saturated rings. The topological polar surface area (TPSA) is 102 Å². The summed E-state index contributed by atoms with van der Waals surface area (Å²) in [6.07, 6.45) is 1.24. The van der Waals surface area contributed by atoms with Crippen LogP contribution in [0.3, 0.4) is 0 Å². The molecule has 8 heteroatoms. The summed E-state index contributed by atoms with van der Waals surface area (Å²) in [5.41, 5.74) is 0.947. The summed E-state index contributed by atoms with van der Waals surface area (Å²) < 4.78 is 1.44. The quantitative estimate of drug-likeness (QED) is 0.609. The highest BCUT2D eigenvalue weighted by atomic mass is 16.6. The van der Waals surface area contributed by atoms with E-state index < -0.39 is 4.92 Å². The van der Waals surface area contributed by atoms with Crippen molar-refractivity contribution in [1.29, 1.82) is 0 Å². The van der Waals surface area contributed by atoms with Gasteiger partial charge in [-0.2, -0.15) is 0 Å². The molecule has 1 N–H and O–H groups in total. The smallest absolute Gasteiger partial charge is 0.381 e. The van der Waals surface area contributed by atoms with Gasteiger partial charge in [0.1, 0.15) is 12.7 Å². The Kier molecular flexibility index (Phi) is 5.42. The van der Waals surface area contributed by atoms with Crippen molar-refractivity contribution < 1.29 is 14.8 Å². The number of aryl methyl sites for hydroxylation is 1. The lowest BCUT2D eigenvalue weighted by Gasteiger charge is -2.22. The number of hydrogen-bond donors (Lipinski definition) is 1. The van der Waals surface area contributed by atoms with Crippen LogP contribution < -0.4 is 0 Å². The molecule has 1 aromatic heterocycles. The van der Waals surface area contributed by atoms with E-state index in [1.165, 1.54) is 15.7 Å². The van der Waals surface area contributed by atoms with E-state index in [2.05, 4.69) is 4.98 Å². The third-order valence-corrected chi connectivity index (χ3v) is 3.39. The third kappa shape index (κ3) is 4.36. The number of aliphatic hydroxyl groups is 1. The van der Waals surface area contributed by atoms with Gasteiger partial charge in [0.2, 0.25) is 11.7 Å². The van der Waals surface area contributed by atoms with Gasteiger partial charge in [-0.05, 0) is 15.5 Å². The molecular formula is C15H18N4O4. The second kappa shape index (κ2) is 7.50. The van der Waals surface area contributed by atoms with E-state index >= 15 is 0 Å². The average molecular weight is 318 g/mol. The lowest BCUT2D eigenvalue weighted by atomic mass is 10.2. The van der Waals surface area contributed by atoms with Gasteiger partial charge in [-0.3, -0.25) is 9.36 Å². The van der Waals surface area contributed by atoms with Crippen molar-refractivity contribution in [1.82, 2.24) is 14.5 Å². The zero-order chi connectivity index (χ0) is 16.8. The first kappa shape index (κ1) is 16.6. The van der Waals surface area contributed by atoms with Crippen molar-refractivity contribution >= 4 is 11.7 Å². The van der Waals surface area contributed by atoms with Gasteiger partial charge in [0.05, 0.1) is 6.61 Å². The van der Waals surface area contributed by atoms with E-state index in [9.17, 15) is 14.9 Å². The van der Waals surface area contributed by atoms with Gasteiger partial charge >= 0.3 is 5.82 Å². The predicted octanol–water partition coefficient (Wildman–Crippen LogP) is 1.12. The van der Waals surface area contributed by atoms with Gasteiger partial charge in [-0.25, -0.2) is 0 Å². The van der Waals surface area contributed by atoms with Crippen molar-refractivity contribution in [2.45, 2.75) is 20.0 Å². The number of nitro groups is 1.